The minimum Gasteiger partial charge on any atom is -0.478 e. The molecule has 0 radical (unpaired) electrons. The second-order valence-electron chi connectivity index (χ2n) is 5.96. The predicted octanol–water partition coefficient (Wildman–Crippen LogP) is 2.49. The summed E-state index contributed by atoms with van der Waals surface area (Å²) in [4.78, 5) is 25.1. The second-order valence-corrected chi connectivity index (χ2v) is 5.96. The van der Waals surface area contributed by atoms with Gasteiger partial charge in [0, 0.05) is 6.54 Å². The van der Waals surface area contributed by atoms with Gasteiger partial charge in [-0.05, 0) is 55.9 Å². The van der Waals surface area contributed by atoms with Crippen LogP contribution < -0.4 is 5.32 Å². The normalized spacial score (nSPS) is 12.0. The van der Waals surface area contributed by atoms with E-state index in [-0.39, 0.29) is 17.3 Å². The number of hydrogen-bond acceptors (Lipinski definition) is 3. The fourth-order valence-corrected chi connectivity index (χ4v) is 2.57. The molecule has 0 saturated heterocycles. The molecule has 1 unspecified atom stereocenters. The first-order chi connectivity index (χ1) is 11.9. The number of aromatic carboxylic acids is 1. The highest BCUT2D eigenvalue weighted by Crippen LogP contribution is 2.18. The topological polar surface area (TPSA) is 69.6 Å². The number of carbonyl (C=O) groups is 2. The molecule has 2 N–H and O–H groups in total. The predicted molar refractivity (Wildman–Crippen MR) is 92.9 cm³/mol. The summed E-state index contributed by atoms with van der Waals surface area (Å²) in [5.74, 6) is -1.47. The van der Waals surface area contributed by atoms with E-state index in [1.807, 2.05) is 0 Å². The Hall–Kier alpha value is -2.73. The minimum absolute atomic E-state index is 0.168. The number of carboxylic acid groups (broad SMARTS) is 1. The maximum absolute atomic E-state index is 13.1. The maximum atomic E-state index is 13.1. The van der Waals surface area contributed by atoms with Crippen molar-refractivity contribution in [3.05, 3.63) is 71.0 Å². The summed E-state index contributed by atoms with van der Waals surface area (Å²) in [5.41, 5.74) is 1.89. The SMILES string of the molecule is CN(C)C(C(=O)NCCc1ccc(C(=O)O)cc1)c1ccc(F)cc1. The van der Waals surface area contributed by atoms with Crippen LogP contribution in [0.5, 0.6) is 0 Å². The Morgan fingerprint density at radius 1 is 1.08 bits per heavy atom. The van der Waals surface area contributed by atoms with Crippen molar-refractivity contribution in [2.75, 3.05) is 20.6 Å². The Morgan fingerprint density at radius 2 is 1.68 bits per heavy atom. The highest BCUT2D eigenvalue weighted by Gasteiger charge is 2.22. The average Bonchev–Trinajstić information content (AvgIpc) is 2.57. The molecule has 2 aromatic carbocycles. The Morgan fingerprint density at radius 3 is 2.20 bits per heavy atom. The molecule has 0 aliphatic carbocycles. The van der Waals surface area contributed by atoms with E-state index >= 15 is 0 Å². The molecular formula is C19H21FN2O3. The third kappa shape index (κ3) is 5.12. The van der Waals surface area contributed by atoms with E-state index in [0.29, 0.717) is 13.0 Å². The van der Waals surface area contributed by atoms with Gasteiger partial charge < -0.3 is 10.4 Å². The van der Waals surface area contributed by atoms with E-state index in [4.69, 9.17) is 5.11 Å². The number of halogens is 1. The monoisotopic (exact) mass is 344 g/mol. The van der Waals surface area contributed by atoms with Crippen LogP contribution in [-0.4, -0.2) is 42.5 Å². The summed E-state index contributed by atoms with van der Waals surface area (Å²) < 4.78 is 13.1. The molecule has 2 rings (SSSR count). The number of amides is 1. The third-order valence-electron chi connectivity index (χ3n) is 3.86. The van der Waals surface area contributed by atoms with Crippen molar-refractivity contribution in [1.82, 2.24) is 10.2 Å². The van der Waals surface area contributed by atoms with Gasteiger partial charge in [0.2, 0.25) is 5.91 Å². The maximum Gasteiger partial charge on any atom is 0.335 e. The van der Waals surface area contributed by atoms with Gasteiger partial charge in [0.15, 0.2) is 0 Å². The van der Waals surface area contributed by atoms with Crippen LogP contribution in [0.25, 0.3) is 0 Å². The fourth-order valence-electron chi connectivity index (χ4n) is 2.57. The van der Waals surface area contributed by atoms with Crippen molar-refractivity contribution < 1.29 is 19.1 Å². The summed E-state index contributed by atoms with van der Waals surface area (Å²) in [6.45, 7) is 0.427. The number of benzene rings is 2. The standard InChI is InChI=1S/C19H21FN2O3/c1-22(2)17(14-7-9-16(20)10-8-14)18(23)21-12-11-13-3-5-15(6-4-13)19(24)25/h3-10,17H,11-12H2,1-2H3,(H,21,23)(H,24,25). The van der Waals surface area contributed by atoms with Crippen LogP contribution in [0.3, 0.4) is 0 Å². The van der Waals surface area contributed by atoms with Crippen LogP contribution in [0, 0.1) is 5.82 Å². The zero-order chi connectivity index (χ0) is 18.4. The van der Waals surface area contributed by atoms with E-state index in [9.17, 15) is 14.0 Å². The number of nitrogens with zero attached hydrogens (tertiary/aromatic N) is 1. The number of likely N-dealkylation sites (N-methyl/N-ethyl adjacent to an activating group) is 1. The number of rotatable bonds is 7. The van der Waals surface area contributed by atoms with Gasteiger partial charge >= 0.3 is 5.97 Å². The molecule has 132 valence electrons. The van der Waals surface area contributed by atoms with Gasteiger partial charge in [-0.15, -0.1) is 0 Å². The Labute approximate surface area is 146 Å². The first kappa shape index (κ1) is 18.6. The molecule has 1 amide bonds. The molecule has 5 nitrogen and oxygen atoms in total. The number of carboxylic acids is 1. The Bertz CT molecular complexity index is 727. The zero-order valence-electron chi connectivity index (χ0n) is 14.2. The van der Waals surface area contributed by atoms with Gasteiger partial charge in [-0.1, -0.05) is 24.3 Å². The molecule has 0 aliphatic heterocycles. The van der Waals surface area contributed by atoms with Crippen molar-refractivity contribution in [2.24, 2.45) is 0 Å². The molecule has 6 heteroatoms. The average molecular weight is 344 g/mol. The zero-order valence-corrected chi connectivity index (χ0v) is 14.2. The third-order valence-corrected chi connectivity index (χ3v) is 3.86. The Balaban J connectivity index is 1.95. The summed E-state index contributed by atoms with van der Waals surface area (Å²) in [6, 6.07) is 11.9. The van der Waals surface area contributed by atoms with Gasteiger partial charge in [-0.2, -0.15) is 0 Å². The lowest BCUT2D eigenvalue weighted by atomic mass is 10.0. The van der Waals surface area contributed by atoms with Crippen LogP contribution in [-0.2, 0) is 11.2 Å². The highest BCUT2D eigenvalue weighted by molar-refractivity contribution is 5.87. The molecule has 0 saturated carbocycles. The van der Waals surface area contributed by atoms with E-state index in [2.05, 4.69) is 5.32 Å². The minimum atomic E-state index is -0.965. The largest absolute Gasteiger partial charge is 0.478 e. The summed E-state index contributed by atoms with van der Waals surface area (Å²) >= 11 is 0. The quantitative estimate of drug-likeness (QED) is 0.810. The number of nitrogens with one attached hydrogen (secondary N) is 1. The van der Waals surface area contributed by atoms with Gasteiger partial charge in [-0.25, -0.2) is 9.18 Å². The van der Waals surface area contributed by atoms with Gasteiger partial charge in [0.25, 0.3) is 0 Å². The van der Waals surface area contributed by atoms with E-state index in [0.717, 1.165) is 11.1 Å². The second kappa shape index (κ2) is 8.39. The Kier molecular flexibility index (Phi) is 6.25. The van der Waals surface area contributed by atoms with Crippen LogP contribution in [0.1, 0.15) is 27.5 Å². The summed E-state index contributed by atoms with van der Waals surface area (Å²) in [7, 11) is 3.58. The molecule has 0 aliphatic rings. The van der Waals surface area contributed by atoms with Crippen LogP contribution >= 0.6 is 0 Å². The molecule has 0 bridgehead atoms. The molecule has 0 aromatic heterocycles. The van der Waals surface area contributed by atoms with Crippen LogP contribution in [0.4, 0.5) is 4.39 Å². The van der Waals surface area contributed by atoms with Gasteiger partial charge in [-0.3, -0.25) is 9.69 Å². The fraction of sp³-hybridized carbons (Fsp3) is 0.263. The van der Waals surface area contributed by atoms with Crippen LogP contribution in [0.2, 0.25) is 0 Å². The first-order valence-corrected chi connectivity index (χ1v) is 7.90. The molecule has 0 fully saturated rings. The van der Waals surface area contributed by atoms with Crippen LogP contribution in [0.15, 0.2) is 48.5 Å². The molecule has 0 heterocycles. The van der Waals surface area contributed by atoms with Crippen molar-refractivity contribution in [1.29, 1.82) is 0 Å². The van der Waals surface area contributed by atoms with Crippen molar-refractivity contribution in [3.63, 3.8) is 0 Å². The van der Waals surface area contributed by atoms with Crippen molar-refractivity contribution in [3.8, 4) is 0 Å². The molecule has 0 spiro atoms. The molecule has 25 heavy (non-hydrogen) atoms. The number of hydrogen-bond donors (Lipinski definition) is 2. The smallest absolute Gasteiger partial charge is 0.335 e. The lowest BCUT2D eigenvalue weighted by Gasteiger charge is -2.24. The molecule has 2 aromatic rings. The summed E-state index contributed by atoms with van der Waals surface area (Å²) in [6.07, 6.45) is 0.592. The van der Waals surface area contributed by atoms with Crippen molar-refractivity contribution in [2.45, 2.75) is 12.5 Å². The lowest BCUT2D eigenvalue weighted by Crippen LogP contribution is -2.37. The number of carbonyl (C=O) groups excluding carboxylic acids is 1. The first-order valence-electron chi connectivity index (χ1n) is 7.90. The van der Waals surface area contributed by atoms with Crippen molar-refractivity contribution >= 4 is 11.9 Å². The molecular weight excluding hydrogens is 323 g/mol. The van der Waals surface area contributed by atoms with E-state index in [1.165, 1.54) is 12.1 Å². The van der Waals surface area contributed by atoms with E-state index in [1.54, 1.807) is 55.4 Å². The molecule has 1 atom stereocenters. The summed E-state index contributed by atoms with van der Waals surface area (Å²) in [5, 5.41) is 11.8. The highest BCUT2D eigenvalue weighted by atomic mass is 19.1. The van der Waals surface area contributed by atoms with Gasteiger partial charge in [0.05, 0.1) is 5.56 Å². The van der Waals surface area contributed by atoms with Gasteiger partial charge in [0.1, 0.15) is 11.9 Å². The lowest BCUT2D eigenvalue weighted by molar-refractivity contribution is -0.125. The van der Waals surface area contributed by atoms with E-state index < -0.39 is 12.0 Å².